The Hall–Kier alpha value is -2.06. The lowest BCUT2D eigenvalue weighted by Gasteiger charge is -2.08. The van der Waals surface area contributed by atoms with Gasteiger partial charge in [0.05, 0.1) is 30.4 Å². The molecule has 0 aliphatic rings. The maximum atomic E-state index is 12.2. The van der Waals surface area contributed by atoms with Crippen LogP contribution in [0.5, 0.6) is 5.75 Å². The molecule has 0 bridgehead atoms. The van der Waals surface area contributed by atoms with Crippen LogP contribution in [0.4, 0.5) is 5.69 Å². The van der Waals surface area contributed by atoms with Crippen molar-refractivity contribution in [1.29, 1.82) is 0 Å². The van der Waals surface area contributed by atoms with Gasteiger partial charge in [-0.2, -0.15) is 0 Å². The van der Waals surface area contributed by atoms with Gasteiger partial charge in [-0.05, 0) is 12.1 Å². The predicted molar refractivity (Wildman–Crippen MR) is 77.3 cm³/mol. The first-order valence-corrected chi connectivity index (χ1v) is 7.81. The van der Waals surface area contributed by atoms with Crippen LogP contribution in [0.25, 0.3) is 0 Å². The summed E-state index contributed by atoms with van der Waals surface area (Å²) >= 11 is 0. The van der Waals surface area contributed by atoms with Crippen LogP contribution in [-0.2, 0) is 23.0 Å². The summed E-state index contributed by atoms with van der Waals surface area (Å²) in [5, 5.41) is 0. The normalized spacial score (nSPS) is 11.5. The summed E-state index contributed by atoms with van der Waals surface area (Å²) < 4.78 is 37.1. The van der Waals surface area contributed by atoms with Crippen LogP contribution in [0.1, 0.15) is 18.6 Å². The van der Waals surface area contributed by atoms with Crippen molar-refractivity contribution in [2.24, 2.45) is 0 Å². The van der Waals surface area contributed by atoms with E-state index < -0.39 is 10.0 Å². The summed E-state index contributed by atoms with van der Waals surface area (Å²) in [5.41, 5.74) is 6.03. The van der Waals surface area contributed by atoms with Gasteiger partial charge in [0.15, 0.2) is 0 Å². The summed E-state index contributed by atoms with van der Waals surface area (Å²) in [6.45, 7) is 1.91. The van der Waals surface area contributed by atoms with Gasteiger partial charge in [0, 0.05) is 12.5 Å². The highest BCUT2D eigenvalue weighted by Crippen LogP contribution is 2.24. The van der Waals surface area contributed by atoms with E-state index >= 15 is 0 Å². The van der Waals surface area contributed by atoms with Crippen molar-refractivity contribution >= 4 is 15.7 Å². The summed E-state index contributed by atoms with van der Waals surface area (Å²) in [6.07, 6.45) is 2.28. The van der Waals surface area contributed by atoms with Crippen LogP contribution in [-0.4, -0.2) is 20.5 Å². The van der Waals surface area contributed by atoms with Crippen molar-refractivity contribution < 1.29 is 17.6 Å². The van der Waals surface area contributed by atoms with Gasteiger partial charge in [-0.3, -0.25) is 0 Å². The number of hydrogen-bond acceptors (Lipinski definition) is 6. The van der Waals surface area contributed by atoms with E-state index in [1.54, 1.807) is 6.20 Å². The number of hydrogen-bond donors (Lipinski definition) is 2. The molecule has 0 aliphatic carbocycles. The minimum atomic E-state index is -3.69. The molecule has 0 fully saturated rings. The van der Waals surface area contributed by atoms with Crippen LogP contribution in [0.3, 0.4) is 0 Å². The van der Waals surface area contributed by atoms with E-state index in [1.807, 2.05) is 6.92 Å². The first-order valence-electron chi connectivity index (χ1n) is 6.33. The van der Waals surface area contributed by atoms with Crippen LogP contribution in [0.15, 0.2) is 33.7 Å². The molecule has 7 nitrogen and oxygen atoms in total. The molecule has 2 rings (SSSR count). The summed E-state index contributed by atoms with van der Waals surface area (Å²) in [6, 6.07) is 4.26. The summed E-state index contributed by atoms with van der Waals surface area (Å²) in [4.78, 5) is 4.06. The van der Waals surface area contributed by atoms with Crippen LogP contribution < -0.4 is 15.2 Å². The van der Waals surface area contributed by atoms with Crippen LogP contribution in [0.2, 0.25) is 0 Å². The Bertz CT molecular complexity index is 725. The average Bonchev–Trinajstić information content (AvgIpc) is 2.93. The number of nitrogens with two attached hydrogens (primary N) is 1. The zero-order valence-electron chi connectivity index (χ0n) is 11.8. The van der Waals surface area contributed by atoms with Gasteiger partial charge in [0.2, 0.25) is 15.9 Å². The lowest BCUT2D eigenvalue weighted by atomic mass is 10.3. The molecule has 0 aliphatic heterocycles. The molecule has 2 aromatic rings. The molecule has 0 saturated heterocycles. The molecule has 0 saturated carbocycles. The van der Waals surface area contributed by atoms with Crippen molar-refractivity contribution in [3.8, 4) is 5.75 Å². The van der Waals surface area contributed by atoms with Gasteiger partial charge in [-0.25, -0.2) is 18.1 Å². The number of rotatable bonds is 6. The molecular formula is C13H17N3O4S. The highest BCUT2D eigenvalue weighted by atomic mass is 32.2. The maximum Gasteiger partial charge on any atom is 0.241 e. The first kappa shape index (κ1) is 15.3. The second-order valence-corrected chi connectivity index (χ2v) is 6.07. The van der Waals surface area contributed by atoms with Crippen molar-refractivity contribution in [3.05, 3.63) is 36.0 Å². The third-order valence-corrected chi connectivity index (χ3v) is 4.28. The second-order valence-electron chi connectivity index (χ2n) is 4.30. The van der Waals surface area contributed by atoms with E-state index in [-0.39, 0.29) is 11.4 Å². The summed E-state index contributed by atoms with van der Waals surface area (Å²) in [7, 11) is -2.27. The Balaban J connectivity index is 2.14. The molecule has 1 aromatic heterocycles. The molecule has 1 aromatic carbocycles. The molecule has 21 heavy (non-hydrogen) atoms. The minimum absolute atomic E-state index is 0.0188. The molecule has 0 amide bonds. The Morgan fingerprint density at radius 2 is 2.19 bits per heavy atom. The van der Waals surface area contributed by atoms with Gasteiger partial charge < -0.3 is 14.9 Å². The number of aryl methyl sites for hydroxylation is 1. The Labute approximate surface area is 123 Å². The largest absolute Gasteiger partial charge is 0.495 e. The molecule has 0 unspecified atom stereocenters. The highest BCUT2D eigenvalue weighted by Gasteiger charge is 2.17. The quantitative estimate of drug-likeness (QED) is 0.779. The van der Waals surface area contributed by atoms with Gasteiger partial charge >= 0.3 is 0 Å². The zero-order chi connectivity index (χ0) is 15.5. The van der Waals surface area contributed by atoms with Crippen molar-refractivity contribution in [2.75, 3.05) is 12.8 Å². The number of sulfonamides is 1. The van der Waals surface area contributed by atoms with Gasteiger partial charge in [-0.15, -0.1) is 0 Å². The van der Waals surface area contributed by atoms with E-state index in [0.29, 0.717) is 29.5 Å². The molecular weight excluding hydrogens is 294 g/mol. The molecule has 0 atom stereocenters. The fraction of sp³-hybridized carbons (Fsp3) is 0.308. The number of oxazole rings is 1. The van der Waals surface area contributed by atoms with E-state index in [2.05, 4.69) is 9.71 Å². The number of ether oxygens (including phenoxy) is 1. The number of methoxy groups -OCH3 is 1. The SMILES string of the molecule is CCc1cnc(CNS(=O)(=O)c2ccc(N)c(OC)c2)o1. The number of nitrogens with zero attached hydrogens (tertiary/aromatic N) is 1. The number of nitrogen functional groups attached to an aromatic ring is 1. The average molecular weight is 311 g/mol. The highest BCUT2D eigenvalue weighted by molar-refractivity contribution is 7.89. The van der Waals surface area contributed by atoms with Crippen molar-refractivity contribution in [3.63, 3.8) is 0 Å². The zero-order valence-corrected chi connectivity index (χ0v) is 12.6. The second kappa shape index (κ2) is 6.15. The fourth-order valence-corrected chi connectivity index (χ4v) is 2.68. The number of nitrogens with one attached hydrogen (secondary N) is 1. The Kier molecular flexibility index (Phi) is 4.49. The number of aromatic nitrogens is 1. The smallest absolute Gasteiger partial charge is 0.241 e. The first-order chi connectivity index (χ1) is 9.96. The third kappa shape index (κ3) is 3.53. The molecule has 1 heterocycles. The molecule has 3 N–H and O–H groups in total. The molecule has 114 valence electrons. The molecule has 0 spiro atoms. The van der Waals surface area contributed by atoms with Gasteiger partial charge in [0.1, 0.15) is 11.5 Å². The summed E-state index contributed by atoms with van der Waals surface area (Å²) in [5.74, 6) is 1.33. The maximum absolute atomic E-state index is 12.2. The van der Waals surface area contributed by atoms with Crippen LogP contribution >= 0.6 is 0 Å². The van der Waals surface area contributed by atoms with E-state index in [9.17, 15) is 8.42 Å². The Morgan fingerprint density at radius 3 is 2.81 bits per heavy atom. The topological polar surface area (TPSA) is 107 Å². The van der Waals surface area contributed by atoms with E-state index in [4.69, 9.17) is 14.9 Å². The van der Waals surface area contributed by atoms with Crippen LogP contribution in [0, 0.1) is 0 Å². The lowest BCUT2D eigenvalue weighted by Crippen LogP contribution is -2.23. The lowest BCUT2D eigenvalue weighted by molar-refractivity contribution is 0.415. The fourth-order valence-electron chi connectivity index (χ4n) is 1.69. The van der Waals surface area contributed by atoms with Crippen molar-refractivity contribution in [1.82, 2.24) is 9.71 Å². The predicted octanol–water partition coefficient (Wildman–Crippen LogP) is 1.31. The Morgan fingerprint density at radius 1 is 1.43 bits per heavy atom. The van der Waals surface area contributed by atoms with Gasteiger partial charge in [-0.1, -0.05) is 6.92 Å². The van der Waals surface area contributed by atoms with E-state index in [1.165, 1.54) is 25.3 Å². The monoisotopic (exact) mass is 311 g/mol. The van der Waals surface area contributed by atoms with E-state index in [0.717, 1.165) is 0 Å². The molecule has 0 radical (unpaired) electrons. The van der Waals surface area contributed by atoms with Gasteiger partial charge in [0.25, 0.3) is 0 Å². The van der Waals surface area contributed by atoms with Crippen molar-refractivity contribution in [2.45, 2.75) is 24.8 Å². The molecule has 8 heteroatoms. The number of benzene rings is 1. The standard InChI is InChI=1S/C13H17N3O4S/c1-3-9-7-15-13(20-9)8-16-21(17,18)10-4-5-11(14)12(6-10)19-2/h4-7,16H,3,8,14H2,1-2H3. The number of anilines is 1. The minimum Gasteiger partial charge on any atom is -0.495 e. The third-order valence-electron chi connectivity index (χ3n) is 2.88.